The molecule has 0 saturated carbocycles. The number of para-hydroxylation sites is 1. The van der Waals surface area contributed by atoms with E-state index in [0.29, 0.717) is 15.8 Å². The van der Waals surface area contributed by atoms with Gasteiger partial charge in [0, 0.05) is 6.08 Å². The number of fused-ring (bicyclic) bond motifs is 1. The summed E-state index contributed by atoms with van der Waals surface area (Å²) in [6.07, 6.45) is 1.74. The Morgan fingerprint density at radius 1 is 1.10 bits per heavy atom. The van der Waals surface area contributed by atoms with Crippen molar-refractivity contribution in [3.8, 4) is 0 Å². The second-order valence-corrected chi connectivity index (χ2v) is 10.3. The van der Waals surface area contributed by atoms with Crippen LogP contribution in [-0.2, 0) is 4.79 Å². The summed E-state index contributed by atoms with van der Waals surface area (Å²) in [5, 5.41) is 4.12. The first-order chi connectivity index (χ1) is 15.0. The fourth-order valence-electron chi connectivity index (χ4n) is 3.19. The highest BCUT2D eigenvalue weighted by Crippen LogP contribution is 2.36. The number of thiazole rings is 1. The van der Waals surface area contributed by atoms with Gasteiger partial charge in [0.15, 0.2) is 14.6 Å². The smallest absolute Gasteiger partial charge is 0.264 e. The highest BCUT2D eigenvalue weighted by Gasteiger charge is 2.24. The normalized spacial score (nSPS) is 16.5. The van der Waals surface area contributed by atoms with E-state index in [-0.39, 0.29) is 5.91 Å². The number of aliphatic imine (C=N–C) groups is 1. The van der Waals surface area contributed by atoms with Crippen molar-refractivity contribution in [2.24, 2.45) is 4.99 Å². The third-order valence-corrected chi connectivity index (χ3v) is 7.35. The zero-order valence-electron chi connectivity index (χ0n) is 16.7. The number of rotatable bonds is 4. The van der Waals surface area contributed by atoms with E-state index in [1.807, 2.05) is 56.3 Å². The summed E-state index contributed by atoms with van der Waals surface area (Å²) in [6, 6.07) is 17.9. The van der Waals surface area contributed by atoms with Crippen LogP contribution >= 0.6 is 34.9 Å². The van der Waals surface area contributed by atoms with E-state index < -0.39 is 0 Å². The molecule has 8 heteroatoms. The Kier molecular flexibility index (Phi) is 5.43. The molecule has 1 aliphatic rings. The average molecular weight is 464 g/mol. The maximum atomic E-state index is 12.4. The highest BCUT2D eigenvalue weighted by molar-refractivity contribution is 8.18. The van der Waals surface area contributed by atoms with Gasteiger partial charge in [-0.1, -0.05) is 18.2 Å². The zero-order valence-corrected chi connectivity index (χ0v) is 19.2. The van der Waals surface area contributed by atoms with Crippen molar-refractivity contribution < 1.29 is 9.21 Å². The lowest BCUT2D eigenvalue weighted by molar-refractivity contribution is -0.115. The summed E-state index contributed by atoms with van der Waals surface area (Å²) in [6.45, 7) is 4.06. The van der Waals surface area contributed by atoms with E-state index >= 15 is 0 Å². The van der Waals surface area contributed by atoms with Crippen LogP contribution in [0.4, 0.5) is 5.69 Å². The largest absolute Gasteiger partial charge is 0.450 e. The van der Waals surface area contributed by atoms with Gasteiger partial charge in [-0.3, -0.25) is 4.79 Å². The van der Waals surface area contributed by atoms with E-state index in [4.69, 9.17) is 4.42 Å². The number of furan rings is 1. The number of nitrogens with zero attached hydrogens (tertiary/aromatic N) is 2. The van der Waals surface area contributed by atoms with Gasteiger partial charge in [-0.2, -0.15) is 0 Å². The standard InChI is InChI=1S/C23H17N3O2S3/c1-13-9-14(2)11-15(10-13)24-22-26-21(27)19(29-22)12-16-7-8-20(28-16)31-23-25-17-5-3-4-6-18(17)30-23/h3-12H,1-2H3,(H,24,26,27)/b19-12-. The van der Waals surface area contributed by atoms with Crippen LogP contribution in [0.5, 0.6) is 0 Å². The molecule has 1 fully saturated rings. The number of hydrogen-bond donors (Lipinski definition) is 1. The van der Waals surface area contributed by atoms with Crippen LogP contribution in [0.1, 0.15) is 16.9 Å². The second-order valence-electron chi connectivity index (χ2n) is 7.03. The quantitative estimate of drug-likeness (QED) is 0.348. The molecular weight excluding hydrogens is 446 g/mol. The lowest BCUT2D eigenvalue weighted by Crippen LogP contribution is -2.19. The molecule has 1 saturated heterocycles. The number of aromatic nitrogens is 1. The van der Waals surface area contributed by atoms with Crippen molar-refractivity contribution >= 4 is 67.9 Å². The predicted molar refractivity (Wildman–Crippen MR) is 129 cm³/mol. The summed E-state index contributed by atoms with van der Waals surface area (Å²) in [5.74, 6) is 0.443. The molecule has 4 aromatic rings. The third-order valence-electron chi connectivity index (χ3n) is 4.43. The van der Waals surface area contributed by atoms with Crippen LogP contribution in [0.3, 0.4) is 0 Å². The Morgan fingerprint density at radius 3 is 2.71 bits per heavy atom. The minimum Gasteiger partial charge on any atom is -0.450 e. The fourth-order valence-corrected chi connectivity index (χ4v) is 5.98. The Balaban J connectivity index is 1.32. The van der Waals surface area contributed by atoms with Crippen LogP contribution in [-0.4, -0.2) is 16.1 Å². The topological polar surface area (TPSA) is 67.5 Å². The highest BCUT2D eigenvalue weighted by atomic mass is 32.2. The molecule has 0 radical (unpaired) electrons. The van der Waals surface area contributed by atoms with E-state index in [0.717, 1.165) is 36.5 Å². The number of thioether (sulfide) groups is 1. The summed E-state index contributed by atoms with van der Waals surface area (Å²) in [7, 11) is 0. The SMILES string of the molecule is Cc1cc(C)cc(N=C2NC(=O)/C(=C/c3ccc(Sc4nc5ccccc5s4)o3)S2)c1. The Labute approximate surface area is 191 Å². The molecule has 0 atom stereocenters. The van der Waals surface area contributed by atoms with Gasteiger partial charge < -0.3 is 9.73 Å². The van der Waals surface area contributed by atoms with Crippen molar-refractivity contribution in [1.29, 1.82) is 0 Å². The summed E-state index contributed by atoms with van der Waals surface area (Å²) in [4.78, 5) is 22.1. The molecule has 154 valence electrons. The number of hydrogen-bond acceptors (Lipinski definition) is 7. The lowest BCUT2D eigenvalue weighted by Gasteiger charge is -2.00. The molecule has 3 heterocycles. The maximum Gasteiger partial charge on any atom is 0.264 e. The predicted octanol–water partition coefficient (Wildman–Crippen LogP) is 6.55. The molecule has 1 amide bonds. The van der Waals surface area contributed by atoms with E-state index in [1.165, 1.54) is 23.5 Å². The van der Waals surface area contributed by atoms with Crippen molar-refractivity contribution in [2.75, 3.05) is 0 Å². The molecule has 0 unspecified atom stereocenters. The first kappa shape index (κ1) is 20.1. The Hall–Kier alpha value is -2.81. The minimum atomic E-state index is -0.176. The van der Waals surface area contributed by atoms with Gasteiger partial charge in [-0.05, 0) is 84.9 Å². The summed E-state index contributed by atoms with van der Waals surface area (Å²) < 4.78 is 7.97. The number of nitrogens with one attached hydrogen (secondary N) is 1. The Bertz CT molecular complexity index is 1310. The fraction of sp³-hybridized carbons (Fsp3) is 0.0870. The maximum absolute atomic E-state index is 12.4. The van der Waals surface area contributed by atoms with Gasteiger partial charge in [0.25, 0.3) is 5.91 Å². The molecule has 0 bridgehead atoms. The van der Waals surface area contributed by atoms with Crippen molar-refractivity contribution in [3.63, 3.8) is 0 Å². The van der Waals surface area contributed by atoms with Crippen LogP contribution in [0, 0.1) is 13.8 Å². The first-order valence-electron chi connectivity index (χ1n) is 9.53. The molecule has 31 heavy (non-hydrogen) atoms. The number of amidine groups is 1. The van der Waals surface area contributed by atoms with Crippen molar-refractivity contribution in [2.45, 2.75) is 23.3 Å². The number of carbonyl (C=O) groups is 1. The van der Waals surface area contributed by atoms with Crippen molar-refractivity contribution in [3.05, 3.63) is 76.4 Å². The van der Waals surface area contributed by atoms with Crippen LogP contribution in [0.2, 0.25) is 0 Å². The van der Waals surface area contributed by atoms with Gasteiger partial charge >= 0.3 is 0 Å². The zero-order chi connectivity index (χ0) is 21.4. The summed E-state index contributed by atoms with van der Waals surface area (Å²) >= 11 is 4.42. The molecule has 5 nitrogen and oxygen atoms in total. The molecule has 2 aromatic carbocycles. The van der Waals surface area contributed by atoms with Gasteiger partial charge in [0.1, 0.15) is 5.76 Å². The van der Waals surface area contributed by atoms with E-state index in [1.54, 1.807) is 17.4 Å². The summed E-state index contributed by atoms with van der Waals surface area (Å²) in [5.41, 5.74) is 4.09. The van der Waals surface area contributed by atoms with E-state index in [2.05, 4.69) is 27.4 Å². The molecule has 1 N–H and O–H groups in total. The van der Waals surface area contributed by atoms with Crippen LogP contribution < -0.4 is 5.32 Å². The number of amides is 1. The number of carbonyl (C=O) groups excluding carboxylic acids is 1. The van der Waals surface area contributed by atoms with Crippen molar-refractivity contribution in [1.82, 2.24) is 10.3 Å². The first-order valence-corrected chi connectivity index (χ1v) is 12.0. The molecule has 0 spiro atoms. The lowest BCUT2D eigenvalue weighted by atomic mass is 10.1. The van der Waals surface area contributed by atoms with Crippen LogP contribution in [0.15, 0.2) is 78.3 Å². The third kappa shape index (κ3) is 4.61. The van der Waals surface area contributed by atoms with Gasteiger partial charge in [0.05, 0.1) is 20.8 Å². The monoisotopic (exact) mass is 463 g/mol. The van der Waals surface area contributed by atoms with Gasteiger partial charge in [-0.15, -0.1) is 11.3 Å². The molecule has 2 aromatic heterocycles. The second kappa shape index (κ2) is 8.37. The molecule has 1 aliphatic heterocycles. The Morgan fingerprint density at radius 2 is 1.90 bits per heavy atom. The van der Waals surface area contributed by atoms with E-state index in [9.17, 15) is 4.79 Å². The van der Waals surface area contributed by atoms with Gasteiger partial charge in [-0.25, -0.2) is 9.98 Å². The molecule has 5 rings (SSSR count). The van der Waals surface area contributed by atoms with Crippen LogP contribution in [0.25, 0.3) is 16.3 Å². The number of aryl methyl sites for hydroxylation is 2. The molecular formula is C23H17N3O2S3. The molecule has 0 aliphatic carbocycles. The minimum absolute atomic E-state index is 0.176. The number of benzene rings is 2. The average Bonchev–Trinajstić information content (AvgIpc) is 3.40. The van der Waals surface area contributed by atoms with Gasteiger partial charge in [0.2, 0.25) is 0 Å².